The molecule has 3 heteroatoms. The van der Waals surface area contributed by atoms with E-state index in [4.69, 9.17) is 4.74 Å². The van der Waals surface area contributed by atoms with E-state index in [0.717, 1.165) is 26.0 Å². The Morgan fingerprint density at radius 3 is 2.88 bits per heavy atom. The van der Waals surface area contributed by atoms with Gasteiger partial charge in [0.2, 0.25) is 0 Å². The molecule has 3 atom stereocenters. The van der Waals surface area contributed by atoms with Gasteiger partial charge in [0.25, 0.3) is 0 Å². The van der Waals surface area contributed by atoms with E-state index in [1.165, 1.54) is 0 Å². The first-order chi connectivity index (χ1) is 7.53. The molecule has 2 nitrogen and oxygen atoms in total. The highest BCUT2D eigenvalue weighted by Gasteiger charge is 2.30. The lowest BCUT2D eigenvalue weighted by atomic mass is 9.87. The number of alkyl halides is 1. The second kappa shape index (κ2) is 6.55. The molecule has 0 aromatic heterocycles. The molecule has 1 saturated heterocycles. The molecular weight excluding hydrogens is 205 g/mol. The fourth-order valence-corrected chi connectivity index (χ4v) is 2.67. The highest BCUT2D eigenvalue weighted by molar-refractivity contribution is 4.84. The van der Waals surface area contributed by atoms with Crippen LogP contribution >= 0.6 is 0 Å². The Morgan fingerprint density at radius 2 is 2.31 bits per heavy atom. The van der Waals surface area contributed by atoms with E-state index in [1.54, 1.807) is 6.92 Å². The predicted octanol–water partition coefficient (Wildman–Crippen LogP) is 2.92. The second-order valence-electron chi connectivity index (χ2n) is 5.44. The van der Waals surface area contributed by atoms with Crippen molar-refractivity contribution in [3.05, 3.63) is 0 Å². The van der Waals surface area contributed by atoms with Crippen molar-refractivity contribution in [1.29, 1.82) is 0 Å². The van der Waals surface area contributed by atoms with Crippen molar-refractivity contribution in [2.24, 2.45) is 5.92 Å². The zero-order chi connectivity index (χ0) is 12.0. The van der Waals surface area contributed by atoms with Gasteiger partial charge in [-0.15, -0.1) is 0 Å². The van der Waals surface area contributed by atoms with Gasteiger partial charge in [-0.1, -0.05) is 26.7 Å². The molecule has 16 heavy (non-hydrogen) atoms. The van der Waals surface area contributed by atoms with E-state index in [9.17, 15) is 4.39 Å². The van der Waals surface area contributed by atoms with Crippen LogP contribution in [0.5, 0.6) is 0 Å². The van der Waals surface area contributed by atoms with Crippen LogP contribution in [0.4, 0.5) is 4.39 Å². The Bertz CT molecular complexity index is 190. The zero-order valence-electron chi connectivity index (χ0n) is 10.9. The third-order valence-electron chi connectivity index (χ3n) is 3.23. The normalized spacial score (nSPS) is 27.4. The molecule has 1 aliphatic rings. The minimum Gasteiger partial charge on any atom is -0.379 e. The van der Waals surface area contributed by atoms with Crippen molar-refractivity contribution in [1.82, 2.24) is 5.32 Å². The Labute approximate surface area is 98.9 Å². The number of rotatable bonds is 6. The van der Waals surface area contributed by atoms with E-state index < -0.39 is 5.67 Å². The number of hydrogen-bond acceptors (Lipinski definition) is 2. The van der Waals surface area contributed by atoms with Crippen LogP contribution in [0.15, 0.2) is 0 Å². The molecule has 1 rings (SSSR count). The molecule has 0 aromatic rings. The Kier molecular flexibility index (Phi) is 5.70. The number of morpholine rings is 1. The van der Waals surface area contributed by atoms with Gasteiger partial charge in [-0.05, 0) is 25.7 Å². The Hall–Kier alpha value is -0.150. The van der Waals surface area contributed by atoms with Crippen LogP contribution in [0.2, 0.25) is 0 Å². The Morgan fingerprint density at radius 1 is 1.56 bits per heavy atom. The zero-order valence-corrected chi connectivity index (χ0v) is 10.9. The number of hydrogen-bond donors (Lipinski definition) is 1. The van der Waals surface area contributed by atoms with Crippen LogP contribution in [0.25, 0.3) is 0 Å². The maximum absolute atomic E-state index is 14.4. The summed E-state index contributed by atoms with van der Waals surface area (Å²) in [7, 11) is 0. The molecular formula is C13H26FNO. The molecule has 0 amide bonds. The van der Waals surface area contributed by atoms with Crippen molar-refractivity contribution in [3.8, 4) is 0 Å². The quantitative estimate of drug-likeness (QED) is 0.759. The molecule has 3 unspecified atom stereocenters. The van der Waals surface area contributed by atoms with Gasteiger partial charge in [0.1, 0.15) is 5.67 Å². The predicted molar refractivity (Wildman–Crippen MR) is 65.4 cm³/mol. The summed E-state index contributed by atoms with van der Waals surface area (Å²) < 4.78 is 19.7. The lowest BCUT2D eigenvalue weighted by Crippen LogP contribution is -2.45. The summed E-state index contributed by atoms with van der Waals surface area (Å²) in [6.07, 6.45) is 3.50. The summed E-state index contributed by atoms with van der Waals surface area (Å²) in [6.45, 7) is 8.29. The van der Waals surface area contributed by atoms with Crippen molar-refractivity contribution in [3.63, 3.8) is 0 Å². The topological polar surface area (TPSA) is 21.3 Å². The van der Waals surface area contributed by atoms with Crippen LogP contribution in [0.3, 0.4) is 0 Å². The maximum atomic E-state index is 14.4. The van der Waals surface area contributed by atoms with Gasteiger partial charge in [-0.3, -0.25) is 0 Å². The molecule has 0 spiro atoms. The smallest absolute Gasteiger partial charge is 0.110 e. The molecule has 1 heterocycles. The van der Waals surface area contributed by atoms with Crippen LogP contribution < -0.4 is 5.32 Å². The first-order valence-electron chi connectivity index (χ1n) is 6.53. The van der Waals surface area contributed by atoms with E-state index >= 15 is 0 Å². The lowest BCUT2D eigenvalue weighted by Gasteiger charge is -2.31. The fourth-order valence-electron chi connectivity index (χ4n) is 2.67. The second-order valence-corrected chi connectivity index (χ2v) is 5.44. The first kappa shape index (κ1) is 13.9. The standard InChI is InChI=1S/C13H26FNO/c1-4-5-11(2)8-13(3,14)9-12-10-16-7-6-15-12/h11-12,15H,4-10H2,1-3H3. The molecule has 96 valence electrons. The number of halogens is 1. The van der Waals surface area contributed by atoms with E-state index in [1.807, 2.05) is 0 Å². The molecule has 1 aliphatic heterocycles. The van der Waals surface area contributed by atoms with Gasteiger partial charge in [-0.25, -0.2) is 4.39 Å². The van der Waals surface area contributed by atoms with Gasteiger partial charge >= 0.3 is 0 Å². The van der Waals surface area contributed by atoms with E-state index in [-0.39, 0.29) is 6.04 Å². The first-order valence-corrected chi connectivity index (χ1v) is 6.53. The van der Waals surface area contributed by atoms with Gasteiger partial charge in [0.15, 0.2) is 0 Å². The summed E-state index contributed by atoms with van der Waals surface area (Å²) >= 11 is 0. The third-order valence-corrected chi connectivity index (χ3v) is 3.23. The minimum atomic E-state index is -1.06. The highest BCUT2D eigenvalue weighted by Crippen LogP contribution is 2.28. The number of ether oxygens (including phenoxy) is 1. The van der Waals surface area contributed by atoms with Gasteiger partial charge in [-0.2, -0.15) is 0 Å². The van der Waals surface area contributed by atoms with Crippen LogP contribution in [-0.2, 0) is 4.74 Å². The molecule has 0 bridgehead atoms. The van der Waals surface area contributed by atoms with E-state index in [0.29, 0.717) is 25.4 Å². The van der Waals surface area contributed by atoms with Crippen LogP contribution in [-0.4, -0.2) is 31.5 Å². The third kappa shape index (κ3) is 5.26. The molecule has 1 fully saturated rings. The van der Waals surface area contributed by atoms with Crippen molar-refractivity contribution >= 4 is 0 Å². The Balaban J connectivity index is 2.31. The van der Waals surface area contributed by atoms with Gasteiger partial charge < -0.3 is 10.1 Å². The maximum Gasteiger partial charge on any atom is 0.110 e. The van der Waals surface area contributed by atoms with Crippen molar-refractivity contribution in [2.75, 3.05) is 19.8 Å². The summed E-state index contributed by atoms with van der Waals surface area (Å²) in [5.41, 5.74) is -1.06. The van der Waals surface area contributed by atoms with Crippen molar-refractivity contribution < 1.29 is 9.13 Å². The highest BCUT2D eigenvalue weighted by atomic mass is 19.1. The lowest BCUT2D eigenvalue weighted by molar-refractivity contribution is 0.0409. The molecule has 0 saturated carbocycles. The van der Waals surface area contributed by atoms with Gasteiger partial charge in [0, 0.05) is 12.6 Å². The largest absolute Gasteiger partial charge is 0.379 e. The van der Waals surface area contributed by atoms with E-state index in [2.05, 4.69) is 19.2 Å². The summed E-state index contributed by atoms with van der Waals surface area (Å²) in [6, 6.07) is 0.192. The van der Waals surface area contributed by atoms with Gasteiger partial charge in [0.05, 0.1) is 13.2 Å². The average molecular weight is 231 g/mol. The number of nitrogens with one attached hydrogen (secondary N) is 1. The molecule has 0 radical (unpaired) electrons. The SMILES string of the molecule is CCCC(C)CC(C)(F)CC1COCCN1. The van der Waals surface area contributed by atoms with Crippen LogP contribution in [0.1, 0.15) is 46.5 Å². The monoisotopic (exact) mass is 231 g/mol. The summed E-state index contributed by atoms with van der Waals surface area (Å²) in [5, 5.41) is 3.32. The van der Waals surface area contributed by atoms with Crippen molar-refractivity contribution in [2.45, 2.75) is 58.2 Å². The molecule has 0 aliphatic carbocycles. The summed E-state index contributed by atoms with van der Waals surface area (Å²) in [4.78, 5) is 0. The fraction of sp³-hybridized carbons (Fsp3) is 1.00. The van der Waals surface area contributed by atoms with Crippen LogP contribution in [0, 0.1) is 5.92 Å². The molecule has 0 aromatic carbocycles. The minimum absolute atomic E-state index is 0.192. The summed E-state index contributed by atoms with van der Waals surface area (Å²) in [5.74, 6) is 0.476. The average Bonchev–Trinajstić information content (AvgIpc) is 2.17. The molecule has 1 N–H and O–H groups in total.